The predicted octanol–water partition coefficient (Wildman–Crippen LogP) is 3.53. The minimum absolute atomic E-state index is 0.0761. The highest BCUT2D eigenvalue weighted by molar-refractivity contribution is 9.10. The number of hydrogen-bond acceptors (Lipinski definition) is 5. The molecule has 0 fully saturated rings. The van der Waals surface area contributed by atoms with Crippen LogP contribution in [0.15, 0.2) is 41.0 Å². The molecule has 1 aromatic heterocycles. The number of halogens is 1. The van der Waals surface area contributed by atoms with Crippen LogP contribution in [0, 0.1) is 10.1 Å². The number of rotatable bonds is 4. The van der Waals surface area contributed by atoms with Crippen molar-refractivity contribution in [3.05, 3.63) is 51.1 Å². The Bertz CT molecular complexity index is 649. The minimum atomic E-state index is -0.459. The standard InChI is InChI=1S/C13H12BrN3O3/c1-16(10-5-3-4-6-12(10)20-2)13-11(17(18)19)7-9(14)8-15-13/h3-8H,1-2H3. The summed E-state index contributed by atoms with van der Waals surface area (Å²) in [5.74, 6) is 0.872. The van der Waals surface area contributed by atoms with Crippen molar-refractivity contribution < 1.29 is 9.66 Å². The van der Waals surface area contributed by atoms with E-state index >= 15 is 0 Å². The molecular weight excluding hydrogens is 326 g/mol. The summed E-state index contributed by atoms with van der Waals surface area (Å²) in [6.45, 7) is 0. The van der Waals surface area contributed by atoms with E-state index in [2.05, 4.69) is 20.9 Å². The quantitative estimate of drug-likeness (QED) is 0.630. The molecule has 0 amide bonds. The molecule has 0 unspecified atom stereocenters. The van der Waals surface area contributed by atoms with Crippen LogP contribution in [-0.4, -0.2) is 24.1 Å². The third-order valence-corrected chi connectivity index (χ3v) is 3.21. The van der Waals surface area contributed by atoms with E-state index in [1.54, 1.807) is 25.1 Å². The lowest BCUT2D eigenvalue weighted by molar-refractivity contribution is -0.384. The fourth-order valence-corrected chi connectivity index (χ4v) is 2.15. The molecule has 0 saturated heterocycles. The van der Waals surface area contributed by atoms with Crippen molar-refractivity contribution in [3.63, 3.8) is 0 Å². The molecule has 2 rings (SSSR count). The van der Waals surface area contributed by atoms with E-state index in [-0.39, 0.29) is 11.5 Å². The summed E-state index contributed by atoms with van der Waals surface area (Å²) in [7, 11) is 3.26. The number of para-hydroxylation sites is 2. The van der Waals surface area contributed by atoms with E-state index in [9.17, 15) is 10.1 Å². The Balaban J connectivity index is 2.53. The maximum Gasteiger partial charge on any atom is 0.313 e. The summed E-state index contributed by atoms with van der Waals surface area (Å²) in [6.07, 6.45) is 1.52. The van der Waals surface area contributed by atoms with Crippen LogP contribution in [0.1, 0.15) is 0 Å². The maximum absolute atomic E-state index is 11.2. The highest BCUT2D eigenvalue weighted by Gasteiger charge is 2.22. The summed E-state index contributed by atoms with van der Waals surface area (Å²) in [4.78, 5) is 16.5. The van der Waals surface area contributed by atoms with Crippen molar-refractivity contribution in [3.8, 4) is 5.75 Å². The molecule has 104 valence electrons. The number of methoxy groups -OCH3 is 1. The molecule has 1 heterocycles. The lowest BCUT2D eigenvalue weighted by Gasteiger charge is -2.20. The first-order valence-corrected chi connectivity index (χ1v) is 6.50. The van der Waals surface area contributed by atoms with Gasteiger partial charge < -0.3 is 9.64 Å². The fourth-order valence-electron chi connectivity index (χ4n) is 1.84. The molecule has 0 spiro atoms. The highest BCUT2D eigenvalue weighted by Crippen LogP contribution is 2.36. The average Bonchev–Trinajstić information content (AvgIpc) is 2.46. The van der Waals surface area contributed by atoms with Crippen LogP contribution in [0.25, 0.3) is 0 Å². The van der Waals surface area contributed by atoms with Crippen molar-refractivity contribution in [1.82, 2.24) is 4.98 Å². The topological polar surface area (TPSA) is 68.5 Å². The lowest BCUT2D eigenvalue weighted by atomic mass is 10.2. The van der Waals surface area contributed by atoms with E-state index in [0.29, 0.717) is 15.9 Å². The van der Waals surface area contributed by atoms with E-state index in [1.807, 2.05) is 18.2 Å². The van der Waals surface area contributed by atoms with Crippen molar-refractivity contribution in [1.29, 1.82) is 0 Å². The van der Waals surface area contributed by atoms with Gasteiger partial charge in [0.15, 0.2) is 0 Å². The van der Waals surface area contributed by atoms with Crippen LogP contribution in [0.5, 0.6) is 5.75 Å². The molecule has 6 nitrogen and oxygen atoms in total. The number of aromatic nitrogens is 1. The SMILES string of the molecule is COc1ccccc1N(C)c1ncc(Br)cc1[N+](=O)[O-]. The summed E-state index contributed by atoms with van der Waals surface area (Å²) < 4.78 is 5.82. The van der Waals surface area contributed by atoms with Gasteiger partial charge in [-0.05, 0) is 28.1 Å². The summed E-state index contributed by atoms with van der Waals surface area (Å²) in [5, 5.41) is 11.2. The predicted molar refractivity (Wildman–Crippen MR) is 79.6 cm³/mol. The van der Waals surface area contributed by atoms with E-state index < -0.39 is 4.92 Å². The largest absolute Gasteiger partial charge is 0.495 e. The Morgan fingerprint density at radius 2 is 2.10 bits per heavy atom. The van der Waals surface area contributed by atoms with Gasteiger partial charge in [-0.1, -0.05) is 12.1 Å². The summed E-state index contributed by atoms with van der Waals surface area (Å²) >= 11 is 3.19. The van der Waals surface area contributed by atoms with E-state index in [0.717, 1.165) is 0 Å². The number of hydrogen-bond donors (Lipinski definition) is 0. The fraction of sp³-hybridized carbons (Fsp3) is 0.154. The second-order valence-corrected chi connectivity index (χ2v) is 4.90. The molecule has 20 heavy (non-hydrogen) atoms. The van der Waals surface area contributed by atoms with Gasteiger partial charge in [-0.15, -0.1) is 0 Å². The number of anilines is 2. The zero-order valence-electron chi connectivity index (χ0n) is 10.9. The van der Waals surface area contributed by atoms with Gasteiger partial charge in [0.1, 0.15) is 5.75 Å². The van der Waals surface area contributed by atoms with Crippen molar-refractivity contribution >= 4 is 33.1 Å². The van der Waals surface area contributed by atoms with Crippen molar-refractivity contribution in [2.75, 3.05) is 19.1 Å². The van der Waals surface area contributed by atoms with Gasteiger partial charge in [0.25, 0.3) is 0 Å². The molecule has 0 aliphatic heterocycles. The Morgan fingerprint density at radius 3 is 2.75 bits per heavy atom. The third kappa shape index (κ3) is 2.72. The molecule has 1 aromatic carbocycles. The molecule has 0 saturated carbocycles. The van der Waals surface area contributed by atoms with Gasteiger partial charge in [-0.3, -0.25) is 10.1 Å². The van der Waals surface area contributed by atoms with E-state index in [1.165, 1.54) is 12.3 Å². The number of nitro groups is 1. The number of pyridine rings is 1. The molecule has 7 heteroatoms. The highest BCUT2D eigenvalue weighted by atomic mass is 79.9. The maximum atomic E-state index is 11.2. The van der Waals surface area contributed by atoms with Crippen LogP contribution in [0.3, 0.4) is 0 Å². The van der Waals surface area contributed by atoms with Gasteiger partial charge in [0, 0.05) is 23.8 Å². The first kappa shape index (κ1) is 14.3. The molecular formula is C13H12BrN3O3. The Labute approximate surface area is 124 Å². The molecule has 0 aliphatic rings. The number of ether oxygens (including phenoxy) is 1. The Kier molecular flexibility index (Phi) is 4.19. The van der Waals surface area contributed by atoms with Crippen LogP contribution in [-0.2, 0) is 0 Å². The molecule has 0 atom stereocenters. The molecule has 0 N–H and O–H groups in total. The molecule has 0 bridgehead atoms. The Hall–Kier alpha value is -2.15. The van der Waals surface area contributed by atoms with Crippen LogP contribution in [0.4, 0.5) is 17.2 Å². The van der Waals surface area contributed by atoms with Gasteiger partial charge in [0.05, 0.1) is 17.7 Å². The smallest absolute Gasteiger partial charge is 0.313 e. The normalized spacial score (nSPS) is 10.2. The van der Waals surface area contributed by atoms with Crippen LogP contribution >= 0.6 is 15.9 Å². The minimum Gasteiger partial charge on any atom is -0.495 e. The average molecular weight is 338 g/mol. The van der Waals surface area contributed by atoms with Gasteiger partial charge >= 0.3 is 5.69 Å². The van der Waals surface area contributed by atoms with Gasteiger partial charge in [-0.25, -0.2) is 4.98 Å². The van der Waals surface area contributed by atoms with Crippen molar-refractivity contribution in [2.24, 2.45) is 0 Å². The zero-order valence-corrected chi connectivity index (χ0v) is 12.5. The third-order valence-electron chi connectivity index (χ3n) is 2.77. The summed E-state index contributed by atoms with van der Waals surface area (Å²) in [5.41, 5.74) is 0.626. The zero-order chi connectivity index (χ0) is 14.7. The Morgan fingerprint density at radius 1 is 1.40 bits per heavy atom. The second-order valence-electron chi connectivity index (χ2n) is 3.98. The van der Waals surface area contributed by atoms with E-state index in [4.69, 9.17) is 4.74 Å². The van der Waals surface area contributed by atoms with Crippen LogP contribution < -0.4 is 9.64 Å². The first-order chi connectivity index (χ1) is 9.54. The first-order valence-electron chi connectivity index (χ1n) is 5.71. The van der Waals surface area contributed by atoms with Crippen molar-refractivity contribution in [2.45, 2.75) is 0 Å². The van der Waals surface area contributed by atoms with Gasteiger partial charge in [-0.2, -0.15) is 0 Å². The van der Waals surface area contributed by atoms with Gasteiger partial charge in [0.2, 0.25) is 5.82 Å². The lowest BCUT2D eigenvalue weighted by Crippen LogP contribution is -2.14. The molecule has 2 aromatic rings. The molecule has 0 radical (unpaired) electrons. The number of benzene rings is 1. The number of nitrogens with zero attached hydrogens (tertiary/aromatic N) is 3. The monoisotopic (exact) mass is 337 g/mol. The molecule has 0 aliphatic carbocycles. The summed E-state index contributed by atoms with van der Waals surface area (Å²) in [6, 6.07) is 8.69. The second kappa shape index (κ2) is 5.87. The van der Waals surface area contributed by atoms with Crippen LogP contribution in [0.2, 0.25) is 0 Å².